The second kappa shape index (κ2) is 6.38. The Kier molecular flexibility index (Phi) is 4.58. The second-order valence-electron chi connectivity index (χ2n) is 4.03. The van der Waals surface area contributed by atoms with Gasteiger partial charge in [0, 0.05) is 4.47 Å². The van der Waals surface area contributed by atoms with Gasteiger partial charge in [0.15, 0.2) is 6.61 Å². The van der Waals surface area contributed by atoms with Gasteiger partial charge in [0.2, 0.25) is 0 Å². The lowest BCUT2D eigenvalue weighted by atomic mass is 10.2. The minimum atomic E-state index is -0.428. The Morgan fingerprint density at radius 1 is 1.00 bits per heavy atom. The van der Waals surface area contributed by atoms with Gasteiger partial charge in [0.25, 0.3) is 0 Å². The highest BCUT2D eigenvalue weighted by molar-refractivity contribution is 9.10. The standard InChI is InChI=1S/C15H13BrO3/c1-11-2-6-13(7-3-11)18-10-15(17)19-14-8-4-12(16)5-9-14/h2-9H,10H2,1H3. The number of esters is 1. The highest BCUT2D eigenvalue weighted by Gasteiger charge is 2.06. The fourth-order valence-corrected chi connectivity index (χ4v) is 1.70. The molecule has 0 aliphatic heterocycles. The molecular formula is C15H13BrO3. The van der Waals surface area contributed by atoms with E-state index in [1.165, 1.54) is 0 Å². The number of carbonyl (C=O) groups excluding carboxylic acids is 1. The van der Waals surface area contributed by atoms with Crippen LogP contribution >= 0.6 is 15.9 Å². The molecule has 0 radical (unpaired) electrons. The summed E-state index contributed by atoms with van der Waals surface area (Å²) in [5, 5.41) is 0. The molecule has 0 aliphatic rings. The van der Waals surface area contributed by atoms with Crippen LogP contribution in [-0.2, 0) is 4.79 Å². The summed E-state index contributed by atoms with van der Waals surface area (Å²) >= 11 is 3.31. The maximum absolute atomic E-state index is 11.6. The quantitative estimate of drug-likeness (QED) is 0.636. The van der Waals surface area contributed by atoms with Crippen molar-refractivity contribution in [3.05, 3.63) is 58.6 Å². The average molecular weight is 321 g/mol. The van der Waals surface area contributed by atoms with Gasteiger partial charge in [-0.15, -0.1) is 0 Å². The Morgan fingerprint density at radius 3 is 2.21 bits per heavy atom. The molecule has 2 aromatic carbocycles. The van der Waals surface area contributed by atoms with Crippen LogP contribution in [0.4, 0.5) is 0 Å². The number of aryl methyl sites for hydroxylation is 1. The van der Waals surface area contributed by atoms with Gasteiger partial charge in [-0.05, 0) is 43.3 Å². The van der Waals surface area contributed by atoms with Crippen molar-refractivity contribution in [1.29, 1.82) is 0 Å². The van der Waals surface area contributed by atoms with Gasteiger partial charge in [-0.2, -0.15) is 0 Å². The molecule has 0 fully saturated rings. The van der Waals surface area contributed by atoms with E-state index in [1.807, 2.05) is 43.3 Å². The van der Waals surface area contributed by atoms with E-state index >= 15 is 0 Å². The van der Waals surface area contributed by atoms with E-state index in [4.69, 9.17) is 9.47 Å². The van der Waals surface area contributed by atoms with Crippen LogP contribution in [0, 0.1) is 6.92 Å². The number of hydrogen-bond acceptors (Lipinski definition) is 3. The van der Waals surface area contributed by atoms with Crippen LogP contribution in [0.15, 0.2) is 53.0 Å². The lowest BCUT2D eigenvalue weighted by Gasteiger charge is -2.07. The molecule has 0 unspecified atom stereocenters. The zero-order chi connectivity index (χ0) is 13.7. The van der Waals surface area contributed by atoms with Crippen molar-refractivity contribution in [2.75, 3.05) is 6.61 Å². The molecule has 4 heteroatoms. The van der Waals surface area contributed by atoms with E-state index in [0.717, 1.165) is 10.0 Å². The van der Waals surface area contributed by atoms with Crippen LogP contribution in [0.3, 0.4) is 0 Å². The Morgan fingerprint density at radius 2 is 1.58 bits per heavy atom. The summed E-state index contributed by atoms with van der Waals surface area (Å²) in [5.74, 6) is 0.724. The monoisotopic (exact) mass is 320 g/mol. The topological polar surface area (TPSA) is 35.5 Å². The number of benzene rings is 2. The molecule has 0 saturated carbocycles. The Balaban J connectivity index is 1.84. The van der Waals surface area contributed by atoms with E-state index in [1.54, 1.807) is 12.1 Å². The molecule has 0 aromatic heterocycles. The highest BCUT2D eigenvalue weighted by Crippen LogP contribution is 2.16. The summed E-state index contributed by atoms with van der Waals surface area (Å²) in [6.45, 7) is 1.88. The summed E-state index contributed by atoms with van der Waals surface area (Å²) in [4.78, 5) is 11.6. The van der Waals surface area contributed by atoms with Crippen molar-refractivity contribution >= 4 is 21.9 Å². The number of rotatable bonds is 4. The highest BCUT2D eigenvalue weighted by atomic mass is 79.9. The molecule has 98 valence electrons. The third-order valence-electron chi connectivity index (χ3n) is 2.42. The average Bonchev–Trinajstić information content (AvgIpc) is 2.41. The summed E-state index contributed by atoms with van der Waals surface area (Å²) < 4.78 is 11.4. The van der Waals surface area contributed by atoms with Crippen LogP contribution in [0.2, 0.25) is 0 Å². The van der Waals surface area contributed by atoms with E-state index < -0.39 is 5.97 Å². The first-order valence-corrected chi connectivity index (χ1v) is 6.58. The van der Waals surface area contributed by atoms with Crippen molar-refractivity contribution < 1.29 is 14.3 Å². The predicted molar refractivity (Wildman–Crippen MR) is 76.5 cm³/mol. The first-order valence-electron chi connectivity index (χ1n) is 5.79. The van der Waals surface area contributed by atoms with Crippen molar-refractivity contribution in [2.45, 2.75) is 6.92 Å². The molecule has 3 nitrogen and oxygen atoms in total. The first-order chi connectivity index (χ1) is 9.13. The third kappa shape index (κ3) is 4.41. The molecule has 0 amide bonds. The number of ether oxygens (including phenoxy) is 2. The molecule has 0 bridgehead atoms. The summed E-state index contributed by atoms with van der Waals surface area (Å²) in [6.07, 6.45) is 0. The van der Waals surface area contributed by atoms with Gasteiger partial charge in [-0.3, -0.25) is 0 Å². The lowest BCUT2D eigenvalue weighted by molar-refractivity contribution is -0.136. The van der Waals surface area contributed by atoms with Gasteiger partial charge in [-0.25, -0.2) is 4.79 Å². The van der Waals surface area contributed by atoms with Crippen LogP contribution in [-0.4, -0.2) is 12.6 Å². The number of hydrogen-bond donors (Lipinski definition) is 0. The van der Waals surface area contributed by atoms with Gasteiger partial charge in [0.1, 0.15) is 11.5 Å². The van der Waals surface area contributed by atoms with Gasteiger partial charge in [0.05, 0.1) is 0 Å². The molecule has 2 aromatic rings. The molecule has 2 rings (SSSR count). The van der Waals surface area contributed by atoms with E-state index in [-0.39, 0.29) is 6.61 Å². The Labute approximate surface area is 120 Å². The molecule has 0 N–H and O–H groups in total. The van der Waals surface area contributed by atoms with Crippen molar-refractivity contribution in [3.8, 4) is 11.5 Å². The van der Waals surface area contributed by atoms with Crippen LogP contribution in [0.25, 0.3) is 0 Å². The first kappa shape index (κ1) is 13.6. The fourth-order valence-electron chi connectivity index (χ4n) is 1.44. The molecule has 0 atom stereocenters. The van der Waals surface area contributed by atoms with Crippen molar-refractivity contribution in [3.63, 3.8) is 0 Å². The number of carbonyl (C=O) groups is 1. The number of halogens is 1. The van der Waals surface area contributed by atoms with E-state index in [0.29, 0.717) is 11.5 Å². The van der Waals surface area contributed by atoms with Gasteiger partial charge >= 0.3 is 5.97 Å². The molecule has 0 saturated heterocycles. The van der Waals surface area contributed by atoms with E-state index in [2.05, 4.69) is 15.9 Å². The third-order valence-corrected chi connectivity index (χ3v) is 2.95. The summed E-state index contributed by atoms with van der Waals surface area (Å²) in [6, 6.07) is 14.5. The minimum Gasteiger partial charge on any atom is -0.482 e. The maximum Gasteiger partial charge on any atom is 0.349 e. The molecule has 0 aliphatic carbocycles. The normalized spacial score (nSPS) is 10.0. The maximum atomic E-state index is 11.6. The second-order valence-corrected chi connectivity index (χ2v) is 4.95. The van der Waals surface area contributed by atoms with Crippen LogP contribution in [0.1, 0.15) is 5.56 Å². The van der Waals surface area contributed by atoms with E-state index in [9.17, 15) is 4.79 Å². The molecular weight excluding hydrogens is 308 g/mol. The predicted octanol–water partition coefficient (Wildman–Crippen LogP) is 3.74. The van der Waals surface area contributed by atoms with Crippen molar-refractivity contribution in [1.82, 2.24) is 0 Å². The molecule has 19 heavy (non-hydrogen) atoms. The smallest absolute Gasteiger partial charge is 0.349 e. The van der Waals surface area contributed by atoms with Gasteiger partial charge < -0.3 is 9.47 Å². The molecule has 0 spiro atoms. The van der Waals surface area contributed by atoms with Crippen LogP contribution in [0.5, 0.6) is 11.5 Å². The lowest BCUT2D eigenvalue weighted by Crippen LogP contribution is -2.17. The summed E-state index contributed by atoms with van der Waals surface area (Å²) in [5.41, 5.74) is 1.14. The van der Waals surface area contributed by atoms with Crippen molar-refractivity contribution in [2.24, 2.45) is 0 Å². The fraction of sp³-hybridized carbons (Fsp3) is 0.133. The zero-order valence-corrected chi connectivity index (χ0v) is 12.0. The minimum absolute atomic E-state index is 0.112. The van der Waals surface area contributed by atoms with Gasteiger partial charge in [-0.1, -0.05) is 33.6 Å². The largest absolute Gasteiger partial charge is 0.482 e. The molecule has 0 heterocycles. The Bertz CT molecular complexity index is 547. The summed E-state index contributed by atoms with van der Waals surface area (Å²) in [7, 11) is 0. The Hall–Kier alpha value is -1.81. The zero-order valence-electron chi connectivity index (χ0n) is 10.4. The van der Waals surface area contributed by atoms with Crippen LogP contribution < -0.4 is 9.47 Å². The SMILES string of the molecule is Cc1ccc(OCC(=O)Oc2ccc(Br)cc2)cc1.